The fraction of sp³-hybridized carbons (Fsp3) is 0.438. The number of hydrogen-bond acceptors (Lipinski definition) is 4. The van der Waals surface area contributed by atoms with Gasteiger partial charge in [0.2, 0.25) is 0 Å². The largest absolute Gasteiger partial charge is 0.461 e. The van der Waals surface area contributed by atoms with Gasteiger partial charge in [-0.2, -0.15) is 0 Å². The standard InChI is InChI=1S/C21H31NO2.C11H11NO2/c1-3-5-6-7-8-9-10-13-16-22-19-15-12-11-14-18(19)17-20(22)21(23)24-4-2;1-2-14-11(13)10-7-8-5-3-4-6-9(8)12-10/h11-12,14-15,17H,3-10,13,16H2,1-2H3;3-7,12H,2H2,1H3. The Morgan fingerprint density at radius 3 is 2.00 bits per heavy atom. The van der Waals surface area contributed by atoms with Crippen LogP contribution >= 0.6 is 0 Å². The first-order valence-electron chi connectivity index (χ1n) is 14.1. The molecule has 4 rings (SSSR count). The van der Waals surface area contributed by atoms with E-state index in [1.165, 1.54) is 44.9 Å². The number of aromatic nitrogens is 2. The van der Waals surface area contributed by atoms with Crippen LogP contribution in [-0.4, -0.2) is 34.7 Å². The highest BCUT2D eigenvalue weighted by molar-refractivity contribution is 5.96. The van der Waals surface area contributed by atoms with Crippen LogP contribution in [0, 0.1) is 0 Å². The monoisotopic (exact) mass is 518 g/mol. The molecule has 0 aliphatic heterocycles. The van der Waals surface area contributed by atoms with Crippen molar-refractivity contribution >= 4 is 33.7 Å². The fourth-order valence-corrected chi connectivity index (χ4v) is 4.62. The van der Waals surface area contributed by atoms with Gasteiger partial charge in [0.1, 0.15) is 11.4 Å². The SMILES string of the molecule is CCCCCCCCCCn1c(C(=O)OCC)cc2ccccc21.CCOC(=O)c1cc2ccccc2[nH]1. The van der Waals surface area contributed by atoms with E-state index in [1.54, 1.807) is 13.0 Å². The molecule has 6 heteroatoms. The van der Waals surface area contributed by atoms with Gasteiger partial charge in [-0.05, 0) is 44.5 Å². The highest BCUT2D eigenvalue weighted by atomic mass is 16.5. The third-order valence-corrected chi connectivity index (χ3v) is 6.56. The number of hydrogen-bond donors (Lipinski definition) is 1. The number of H-pyrrole nitrogens is 1. The number of benzene rings is 2. The number of aromatic amines is 1. The van der Waals surface area contributed by atoms with Crippen LogP contribution in [0.3, 0.4) is 0 Å². The predicted molar refractivity (Wildman–Crippen MR) is 155 cm³/mol. The average molecular weight is 519 g/mol. The fourth-order valence-electron chi connectivity index (χ4n) is 4.62. The third-order valence-electron chi connectivity index (χ3n) is 6.56. The summed E-state index contributed by atoms with van der Waals surface area (Å²) < 4.78 is 12.2. The van der Waals surface area contributed by atoms with Crippen LogP contribution < -0.4 is 0 Å². The minimum atomic E-state index is -0.302. The summed E-state index contributed by atoms with van der Waals surface area (Å²) in [5.41, 5.74) is 3.27. The highest BCUT2D eigenvalue weighted by Gasteiger charge is 2.16. The van der Waals surface area contributed by atoms with Crippen molar-refractivity contribution < 1.29 is 19.1 Å². The molecule has 0 atom stereocenters. The van der Waals surface area contributed by atoms with Gasteiger partial charge in [0.05, 0.1) is 13.2 Å². The van der Waals surface area contributed by atoms with E-state index in [1.807, 2.05) is 49.4 Å². The summed E-state index contributed by atoms with van der Waals surface area (Å²) in [7, 11) is 0. The molecule has 0 aliphatic rings. The van der Waals surface area contributed by atoms with E-state index in [9.17, 15) is 9.59 Å². The van der Waals surface area contributed by atoms with Crippen molar-refractivity contribution in [2.45, 2.75) is 78.7 Å². The second-order valence-corrected chi connectivity index (χ2v) is 9.43. The lowest BCUT2D eigenvalue weighted by atomic mass is 10.1. The number of unbranched alkanes of at least 4 members (excludes halogenated alkanes) is 7. The van der Waals surface area contributed by atoms with Crippen molar-refractivity contribution in [1.29, 1.82) is 0 Å². The zero-order chi connectivity index (χ0) is 27.2. The Kier molecular flexibility index (Phi) is 12.0. The van der Waals surface area contributed by atoms with Gasteiger partial charge in [-0.25, -0.2) is 9.59 Å². The first kappa shape index (κ1) is 29.0. The quantitative estimate of drug-likeness (QED) is 0.143. The molecule has 0 unspecified atom stereocenters. The van der Waals surface area contributed by atoms with Gasteiger partial charge in [0, 0.05) is 28.4 Å². The molecule has 0 saturated carbocycles. The molecule has 0 bridgehead atoms. The van der Waals surface area contributed by atoms with Crippen LogP contribution in [0.4, 0.5) is 0 Å². The van der Waals surface area contributed by atoms with Crippen LogP contribution in [-0.2, 0) is 16.0 Å². The number of aryl methyl sites for hydroxylation is 1. The molecule has 4 aromatic rings. The molecule has 204 valence electrons. The van der Waals surface area contributed by atoms with Crippen molar-refractivity contribution in [2.75, 3.05) is 13.2 Å². The Bertz CT molecular complexity index is 1250. The Hall–Kier alpha value is -3.54. The number of carbonyl (C=O) groups excluding carboxylic acids is 2. The lowest BCUT2D eigenvalue weighted by Gasteiger charge is -2.10. The molecule has 6 nitrogen and oxygen atoms in total. The Balaban J connectivity index is 0.000000241. The summed E-state index contributed by atoms with van der Waals surface area (Å²) in [6.07, 6.45) is 10.3. The van der Waals surface area contributed by atoms with E-state index in [0.29, 0.717) is 24.6 Å². The molecule has 1 N–H and O–H groups in total. The molecule has 2 aromatic carbocycles. The van der Waals surface area contributed by atoms with E-state index in [0.717, 1.165) is 34.8 Å². The van der Waals surface area contributed by atoms with Gasteiger partial charge in [0.15, 0.2) is 0 Å². The topological polar surface area (TPSA) is 73.3 Å². The molecule has 0 spiro atoms. The highest BCUT2D eigenvalue weighted by Crippen LogP contribution is 2.22. The Morgan fingerprint density at radius 1 is 0.711 bits per heavy atom. The Labute approximate surface area is 226 Å². The molecule has 2 heterocycles. The molecular weight excluding hydrogens is 476 g/mol. The summed E-state index contributed by atoms with van der Waals surface area (Å²) in [5, 5.41) is 2.13. The third kappa shape index (κ3) is 8.23. The van der Waals surface area contributed by atoms with E-state index in [4.69, 9.17) is 9.47 Å². The zero-order valence-electron chi connectivity index (χ0n) is 23.1. The first-order valence-corrected chi connectivity index (χ1v) is 14.1. The van der Waals surface area contributed by atoms with E-state index in [2.05, 4.69) is 28.6 Å². The summed E-state index contributed by atoms with van der Waals surface area (Å²) in [5.74, 6) is -0.517. The summed E-state index contributed by atoms with van der Waals surface area (Å²) in [4.78, 5) is 26.6. The molecule has 0 fully saturated rings. The predicted octanol–water partition coefficient (Wildman–Crippen LogP) is 8.30. The molecule has 0 amide bonds. The van der Waals surface area contributed by atoms with E-state index >= 15 is 0 Å². The maximum absolute atomic E-state index is 12.2. The average Bonchev–Trinajstić information content (AvgIpc) is 3.53. The van der Waals surface area contributed by atoms with E-state index in [-0.39, 0.29) is 11.9 Å². The van der Waals surface area contributed by atoms with Crippen molar-refractivity contribution in [3.05, 3.63) is 72.1 Å². The maximum atomic E-state index is 12.2. The van der Waals surface area contributed by atoms with Crippen molar-refractivity contribution in [3.8, 4) is 0 Å². The number of esters is 2. The first-order chi connectivity index (χ1) is 18.6. The zero-order valence-corrected chi connectivity index (χ0v) is 23.1. The summed E-state index contributed by atoms with van der Waals surface area (Å²) in [6.45, 7) is 7.59. The van der Waals surface area contributed by atoms with Gasteiger partial charge >= 0.3 is 11.9 Å². The van der Waals surface area contributed by atoms with Crippen molar-refractivity contribution in [3.63, 3.8) is 0 Å². The lowest BCUT2D eigenvalue weighted by molar-refractivity contribution is 0.0507. The van der Waals surface area contributed by atoms with Crippen LogP contribution in [0.5, 0.6) is 0 Å². The lowest BCUT2D eigenvalue weighted by Crippen LogP contribution is -2.12. The van der Waals surface area contributed by atoms with Gasteiger partial charge < -0.3 is 19.0 Å². The number of rotatable bonds is 13. The number of carbonyl (C=O) groups is 2. The van der Waals surface area contributed by atoms with Crippen LogP contribution in [0.15, 0.2) is 60.7 Å². The van der Waals surface area contributed by atoms with E-state index < -0.39 is 0 Å². The van der Waals surface area contributed by atoms with Crippen LogP contribution in [0.25, 0.3) is 21.8 Å². The second-order valence-electron chi connectivity index (χ2n) is 9.43. The van der Waals surface area contributed by atoms with Gasteiger partial charge in [0.25, 0.3) is 0 Å². The smallest absolute Gasteiger partial charge is 0.354 e. The molecule has 38 heavy (non-hydrogen) atoms. The number of fused-ring (bicyclic) bond motifs is 2. The van der Waals surface area contributed by atoms with Crippen molar-refractivity contribution in [2.24, 2.45) is 0 Å². The second kappa shape index (κ2) is 15.7. The Morgan fingerprint density at radius 2 is 1.32 bits per heavy atom. The van der Waals surface area contributed by atoms with Gasteiger partial charge in [-0.1, -0.05) is 88.3 Å². The van der Waals surface area contributed by atoms with Crippen LogP contribution in [0.2, 0.25) is 0 Å². The minimum Gasteiger partial charge on any atom is -0.461 e. The number of ether oxygens (including phenoxy) is 2. The summed E-state index contributed by atoms with van der Waals surface area (Å²) in [6, 6.07) is 19.7. The van der Waals surface area contributed by atoms with Crippen molar-refractivity contribution in [1.82, 2.24) is 9.55 Å². The molecule has 0 aliphatic carbocycles. The molecule has 2 aromatic heterocycles. The van der Waals surface area contributed by atoms with Gasteiger partial charge in [-0.15, -0.1) is 0 Å². The molecular formula is C32H42N2O4. The number of nitrogens with one attached hydrogen (secondary N) is 1. The molecule has 0 radical (unpaired) electrons. The molecule has 0 saturated heterocycles. The van der Waals surface area contributed by atoms with Crippen LogP contribution in [0.1, 0.15) is 93.1 Å². The number of para-hydroxylation sites is 2. The summed E-state index contributed by atoms with van der Waals surface area (Å²) >= 11 is 0. The normalized spacial score (nSPS) is 10.8. The minimum absolute atomic E-state index is 0.215. The number of nitrogens with zero attached hydrogens (tertiary/aromatic N) is 1. The maximum Gasteiger partial charge on any atom is 0.354 e. The van der Waals surface area contributed by atoms with Gasteiger partial charge in [-0.3, -0.25) is 0 Å².